The number of amides is 1. The molecule has 3 rings (SSSR count). The topological polar surface area (TPSA) is 32.3 Å². The van der Waals surface area contributed by atoms with Crippen molar-refractivity contribution in [3.05, 3.63) is 35.4 Å². The third-order valence-corrected chi connectivity index (χ3v) is 6.10. The van der Waals surface area contributed by atoms with Crippen LogP contribution in [0.2, 0.25) is 0 Å². The van der Waals surface area contributed by atoms with Crippen molar-refractivity contribution in [2.45, 2.75) is 51.1 Å². The maximum atomic E-state index is 12.9. The molecule has 0 bridgehead atoms. The number of nitrogens with zero attached hydrogens (tertiary/aromatic N) is 1. The van der Waals surface area contributed by atoms with Gasteiger partial charge in [-0.25, -0.2) is 0 Å². The van der Waals surface area contributed by atoms with Crippen molar-refractivity contribution < 1.29 is 4.79 Å². The number of aryl methyl sites for hydroxylation is 1. The van der Waals surface area contributed by atoms with E-state index in [0.29, 0.717) is 24.4 Å². The smallest absolute Gasteiger partial charge is 0.224 e. The molecule has 0 radical (unpaired) electrons. The summed E-state index contributed by atoms with van der Waals surface area (Å²) in [5.41, 5.74) is 2.90. The first-order chi connectivity index (χ1) is 11.3. The summed E-state index contributed by atoms with van der Waals surface area (Å²) in [7, 11) is 0. The highest BCUT2D eigenvalue weighted by molar-refractivity contribution is 7.99. The molecule has 2 unspecified atom stereocenters. The van der Waals surface area contributed by atoms with E-state index in [1.165, 1.54) is 16.9 Å². The molecule has 4 heteroatoms. The third-order valence-electron chi connectivity index (χ3n) is 4.97. The molecule has 1 aromatic rings. The Bertz CT molecular complexity index is 528. The summed E-state index contributed by atoms with van der Waals surface area (Å²) in [5.74, 6) is 2.58. The maximum Gasteiger partial charge on any atom is 0.224 e. The van der Waals surface area contributed by atoms with Crippen LogP contribution in [-0.2, 0) is 17.6 Å². The number of nitrogens with one attached hydrogen (secondary N) is 1. The molecule has 126 valence electrons. The Kier molecular flexibility index (Phi) is 6.01. The Labute approximate surface area is 144 Å². The molecule has 3 nitrogen and oxygen atoms in total. The van der Waals surface area contributed by atoms with E-state index in [4.69, 9.17) is 0 Å². The van der Waals surface area contributed by atoms with Crippen LogP contribution in [0.15, 0.2) is 24.3 Å². The third kappa shape index (κ3) is 4.30. The normalized spacial score (nSPS) is 24.0. The standard InChI is InChI=1S/C19H28N2OS/c1-2-10-21(19(22)13-17-14-23-11-9-20-17)18-8-7-15-5-3-4-6-16(15)12-18/h3-6,17-18,20H,2,7-14H2,1H3. The molecular formula is C19H28N2OS. The highest BCUT2D eigenvalue weighted by atomic mass is 32.2. The number of carbonyl (C=O) groups is 1. The Morgan fingerprint density at radius 1 is 1.35 bits per heavy atom. The predicted octanol–water partition coefficient (Wildman–Crippen LogP) is 2.88. The summed E-state index contributed by atoms with van der Waals surface area (Å²) in [4.78, 5) is 15.1. The van der Waals surface area contributed by atoms with Crippen LogP contribution in [0.1, 0.15) is 37.3 Å². The lowest BCUT2D eigenvalue weighted by Gasteiger charge is -2.36. The van der Waals surface area contributed by atoms with Gasteiger partial charge in [-0.1, -0.05) is 31.2 Å². The van der Waals surface area contributed by atoms with Crippen LogP contribution in [0.3, 0.4) is 0 Å². The average Bonchev–Trinajstić information content (AvgIpc) is 2.60. The Morgan fingerprint density at radius 3 is 2.91 bits per heavy atom. The summed E-state index contributed by atoms with van der Waals surface area (Å²) in [6, 6.07) is 9.46. The Morgan fingerprint density at radius 2 is 2.17 bits per heavy atom. The second kappa shape index (κ2) is 8.20. The highest BCUT2D eigenvalue weighted by Crippen LogP contribution is 2.25. The number of hydrogen-bond donors (Lipinski definition) is 1. The van der Waals surface area contributed by atoms with Crippen molar-refractivity contribution in [2.75, 3.05) is 24.6 Å². The first kappa shape index (κ1) is 16.8. The van der Waals surface area contributed by atoms with Crippen LogP contribution in [0.4, 0.5) is 0 Å². The molecule has 1 amide bonds. The molecule has 2 atom stereocenters. The van der Waals surface area contributed by atoms with Gasteiger partial charge in [-0.3, -0.25) is 4.79 Å². The predicted molar refractivity (Wildman–Crippen MR) is 98.0 cm³/mol. The number of fused-ring (bicyclic) bond motifs is 1. The molecular weight excluding hydrogens is 304 g/mol. The zero-order valence-corrected chi connectivity index (χ0v) is 14.9. The van der Waals surface area contributed by atoms with E-state index in [1.54, 1.807) is 0 Å². The Balaban J connectivity index is 1.65. The van der Waals surface area contributed by atoms with Gasteiger partial charge in [0.05, 0.1) is 0 Å². The molecule has 1 aliphatic carbocycles. The molecule has 1 fully saturated rings. The van der Waals surface area contributed by atoms with Gasteiger partial charge in [0, 0.05) is 43.1 Å². The molecule has 1 N–H and O–H groups in total. The molecule has 1 saturated heterocycles. The first-order valence-electron chi connectivity index (χ1n) is 8.95. The molecule has 0 spiro atoms. The van der Waals surface area contributed by atoms with E-state index in [-0.39, 0.29) is 0 Å². The molecule has 2 aliphatic rings. The highest BCUT2D eigenvalue weighted by Gasteiger charge is 2.28. The van der Waals surface area contributed by atoms with Crippen LogP contribution in [-0.4, -0.2) is 47.5 Å². The van der Waals surface area contributed by atoms with Crippen LogP contribution in [0, 0.1) is 0 Å². The SMILES string of the molecule is CCCN(C(=O)CC1CSCCN1)C1CCc2ccccc2C1. The van der Waals surface area contributed by atoms with E-state index < -0.39 is 0 Å². The van der Waals surface area contributed by atoms with Gasteiger partial charge in [0.2, 0.25) is 5.91 Å². The fourth-order valence-electron chi connectivity index (χ4n) is 3.78. The summed E-state index contributed by atoms with van der Waals surface area (Å²) in [5, 5.41) is 3.50. The van der Waals surface area contributed by atoms with Crippen LogP contribution < -0.4 is 5.32 Å². The van der Waals surface area contributed by atoms with Gasteiger partial charge in [0.15, 0.2) is 0 Å². The fourth-order valence-corrected chi connectivity index (χ4v) is 4.72. The summed E-state index contributed by atoms with van der Waals surface area (Å²) in [6.07, 6.45) is 4.93. The quantitative estimate of drug-likeness (QED) is 0.900. The lowest BCUT2D eigenvalue weighted by Crippen LogP contribution is -2.47. The lowest BCUT2D eigenvalue weighted by atomic mass is 9.87. The van der Waals surface area contributed by atoms with Crippen LogP contribution in [0.5, 0.6) is 0 Å². The number of rotatable bonds is 5. The second-order valence-electron chi connectivity index (χ2n) is 6.68. The van der Waals surface area contributed by atoms with Gasteiger partial charge in [0.1, 0.15) is 0 Å². The van der Waals surface area contributed by atoms with Gasteiger partial charge in [-0.05, 0) is 36.8 Å². The summed E-state index contributed by atoms with van der Waals surface area (Å²) < 4.78 is 0. The van der Waals surface area contributed by atoms with Crippen molar-refractivity contribution in [3.8, 4) is 0 Å². The molecule has 0 aromatic heterocycles. The van der Waals surface area contributed by atoms with Crippen LogP contribution >= 0.6 is 11.8 Å². The monoisotopic (exact) mass is 332 g/mol. The van der Waals surface area contributed by atoms with Gasteiger partial charge in [-0.15, -0.1) is 0 Å². The van der Waals surface area contributed by atoms with Gasteiger partial charge >= 0.3 is 0 Å². The van der Waals surface area contributed by atoms with Crippen molar-refractivity contribution in [1.82, 2.24) is 10.2 Å². The van der Waals surface area contributed by atoms with Crippen LogP contribution in [0.25, 0.3) is 0 Å². The molecule has 23 heavy (non-hydrogen) atoms. The molecule has 1 heterocycles. The lowest BCUT2D eigenvalue weighted by molar-refractivity contribution is -0.134. The summed E-state index contributed by atoms with van der Waals surface area (Å²) in [6.45, 7) is 4.10. The van der Waals surface area contributed by atoms with E-state index in [2.05, 4.69) is 41.4 Å². The van der Waals surface area contributed by atoms with Gasteiger partial charge < -0.3 is 10.2 Å². The first-order valence-corrected chi connectivity index (χ1v) is 10.1. The zero-order valence-electron chi connectivity index (χ0n) is 14.1. The average molecular weight is 333 g/mol. The van der Waals surface area contributed by atoms with Crippen molar-refractivity contribution in [1.29, 1.82) is 0 Å². The molecule has 0 saturated carbocycles. The zero-order chi connectivity index (χ0) is 16.1. The van der Waals surface area contributed by atoms with Gasteiger partial charge in [0.25, 0.3) is 0 Å². The number of hydrogen-bond acceptors (Lipinski definition) is 3. The number of carbonyl (C=O) groups excluding carboxylic acids is 1. The fraction of sp³-hybridized carbons (Fsp3) is 0.632. The van der Waals surface area contributed by atoms with Gasteiger partial charge in [-0.2, -0.15) is 11.8 Å². The minimum Gasteiger partial charge on any atom is -0.339 e. The largest absolute Gasteiger partial charge is 0.339 e. The molecule has 1 aromatic carbocycles. The number of thioether (sulfide) groups is 1. The van der Waals surface area contributed by atoms with Crippen molar-refractivity contribution in [2.24, 2.45) is 0 Å². The number of benzene rings is 1. The van der Waals surface area contributed by atoms with E-state index >= 15 is 0 Å². The van der Waals surface area contributed by atoms with Crippen molar-refractivity contribution >= 4 is 17.7 Å². The van der Waals surface area contributed by atoms with E-state index in [9.17, 15) is 4.79 Å². The van der Waals surface area contributed by atoms with E-state index in [1.807, 2.05) is 11.8 Å². The van der Waals surface area contributed by atoms with Crippen molar-refractivity contribution in [3.63, 3.8) is 0 Å². The minimum absolute atomic E-state index is 0.344. The maximum absolute atomic E-state index is 12.9. The van der Waals surface area contributed by atoms with E-state index in [0.717, 1.165) is 44.5 Å². The Hall–Kier alpha value is -1.00. The molecule has 1 aliphatic heterocycles. The minimum atomic E-state index is 0.344. The summed E-state index contributed by atoms with van der Waals surface area (Å²) >= 11 is 1.96. The second-order valence-corrected chi connectivity index (χ2v) is 7.83.